The summed E-state index contributed by atoms with van der Waals surface area (Å²) in [6.07, 6.45) is 0.852. The number of carbonyl (C=O) groups is 3. The van der Waals surface area contributed by atoms with Crippen molar-refractivity contribution >= 4 is 29.3 Å². The second-order valence-corrected chi connectivity index (χ2v) is 9.28. The average molecular weight is 422 g/mol. The lowest BCUT2D eigenvalue weighted by Crippen LogP contribution is -2.56. The smallest absolute Gasteiger partial charge is 0.245 e. The van der Waals surface area contributed by atoms with Crippen LogP contribution >= 0.6 is 11.6 Å². The molecule has 1 saturated heterocycles. The Balaban J connectivity index is 2.07. The van der Waals surface area contributed by atoms with E-state index in [0.29, 0.717) is 24.0 Å². The predicted octanol–water partition coefficient (Wildman–Crippen LogP) is 2.96. The number of hydrogen-bond acceptors (Lipinski definition) is 3. The fourth-order valence-corrected chi connectivity index (χ4v) is 4.12. The highest BCUT2D eigenvalue weighted by atomic mass is 35.5. The Hall–Kier alpha value is -2.08. The van der Waals surface area contributed by atoms with Gasteiger partial charge >= 0.3 is 0 Å². The Morgan fingerprint density at radius 1 is 1.21 bits per heavy atom. The largest absolute Gasteiger partial charge is 0.347 e. The van der Waals surface area contributed by atoms with E-state index in [-0.39, 0.29) is 35.6 Å². The van der Waals surface area contributed by atoms with Crippen molar-refractivity contribution < 1.29 is 14.4 Å². The van der Waals surface area contributed by atoms with Crippen LogP contribution in [-0.4, -0.2) is 48.3 Å². The molecule has 7 heteroatoms. The van der Waals surface area contributed by atoms with E-state index in [1.807, 2.05) is 30.9 Å². The van der Waals surface area contributed by atoms with Crippen LogP contribution in [0.25, 0.3) is 0 Å². The number of benzene rings is 1. The molecule has 2 N–H and O–H groups in total. The summed E-state index contributed by atoms with van der Waals surface area (Å²) in [5, 5.41) is 5.97. The molecule has 1 aromatic carbocycles. The minimum absolute atomic E-state index is 0.0547. The van der Waals surface area contributed by atoms with Crippen molar-refractivity contribution in [1.29, 1.82) is 0 Å². The number of carbonyl (C=O) groups excluding carboxylic acids is 3. The molecule has 0 aromatic heterocycles. The fraction of sp³-hybridized carbons (Fsp3) is 0.591. The quantitative estimate of drug-likeness (QED) is 0.741. The number of likely N-dealkylation sites (tertiary alicyclic amines) is 1. The standard InChI is InChI=1S/C22H32ClN3O3/c1-14(2)20(25-19(28)12-24-15(3)27)21(29)26-11-10-18(22(4,5)13-26)16-6-8-17(23)9-7-16/h6-9,14,18,20H,10-13H2,1-5H3,(H,24,27)(H,25,28). The van der Waals surface area contributed by atoms with Gasteiger partial charge in [-0.2, -0.15) is 0 Å². The van der Waals surface area contributed by atoms with Gasteiger partial charge in [-0.15, -0.1) is 0 Å². The number of nitrogens with zero attached hydrogens (tertiary/aromatic N) is 1. The summed E-state index contributed by atoms with van der Waals surface area (Å²) >= 11 is 6.02. The molecule has 0 bridgehead atoms. The van der Waals surface area contributed by atoms with Crippen LogP contribution in [0.2, 0.25) is 5.02 Å². The molecule has 0 saturated carbocycles. The van der Waals surface area contributed by atoms with E-state index in [4.69, 9.17) is 11.6 Å². The Bertz CT molecular complexity index is 746. The Morgan fingerprint density at radius 2 is 1.83 bits per heavy atom. The van der Waals surface area contributed by atoms with Gasteiger partial charge in [-0.25, -0.2) is 0 Å². The monoisotopic (exact) mass is 421 g/mol. The average Bonchev–Trinajstić information content (AvgIpc) is 2.63. The van der Waals surface area contributed by atoms with Crippen molar-refractivity contribution in [2.75, 3.05) is 19.6 Å². The molecule has 1 aliphatic heterocycles. The van der Waals surface area contributed by atoms with Crippen LogP contribution in [0.4, 0.5) is 0 Å². The predicted molar refractivity (Wildman–Crippen MR) is 115 cm³/mol. The number of nitrogens with one attached hydrogen (secondary N) is 2. The lowest BCUT2D eigenvalue weighted by molar-refractivity contribution is -0.140. The summed E-state index contributed by atoms with van der Waals surface area (Å²) in [6, 6.07) is 7.32. The van der Waals surface area contributed by atoms with Crippen molar-refractivity contribution in [3.05, 3.63) is 34.9 Å². The maximum atomic E-state index is 13.2. The maximum absolute atomic E-state index is 13.2. The first-order valence-electron chi connectivity index (χ1n) is 10.1. The van der Waals surface area contributed by atoms with Crippen molar-refractivity contribution in [2.24, 2.45) is 11.3 Å². The maximum Gasteiger partial charge on any atom is 0.245 e. The Kier molecular flexibility index (Phi) is 7.69. The SMILES string of the molecule is CC(=O)NCC(=O)NC(C(=O)N1CCC(c2ccc(Cl)cc2)C(C)(C)C1)C(C)C. The lowest BCUT2D eigenvalue weighted by Gasteiger charge is -2.45. The summed E-state index contributed by atoms with van der Waals surface area (Å²) in [4.78, 5) is 38.2. The van der Waals surface area contributed by atoms with Gasteiger partial charge in [0, 0.05) is 25.0 Å². The number of halogens is 1. The van der Waals surface area contributed by atoms with Crippen LogP contribution in [0.3, 0.4) is 0 Å². The highest BCUT2D eigenvalue weighted by molar-refractivity contribution is 6.30. The number of amides is 3. The summed E-state index contributed by atoms with van der Waals surface area (Å²) < 4.78 is 0. The first-order valence-corrected chi connectivity index (χ1v) is 10.5. The molecule has 2 rings (SSSR count). The molecule has 160 valence electrons. The van der Waals surface area contributed by atoms with E-state index in [0.717, 1.165) is 6.42 Å². The van der Waals surface area contributed by atoms with Crippen LogP contribution in [0.15, 0.2) is 24.3 Å². The summed E-state index contributed by atoms with van der Waals surface area (Å²) in [5.41, 5.74) is 1.12. The highest BCUT2D eigenvalue weighted by Crippen LogP contribution is 2.42. The summed E-state index contributed by atoms with van der Waals surface area (Å²) in [6.45, 7) is 10.6. The van der Waals surface area contributed by atoms with Gasteiger partial charge in [0.2, 0.25) is 17.7 Å². The second-order valence-electron chi connectivity index (χ2n) is 8.84. The minimum Gasteiger partial charge on any atom is -0.347 e. The molecule has 2 atom stereocenters. The van der Waals surface area contributed by atoms with E-state index in [1.165, 1.54) is 12.5 Å². The number of rotatable bonds is 6. The topological polar surface area (TPSA) is 78.5 Å². The van der Waals surface area contributed by atoms with Gasteiger partial charge in [0.25, 0.3) is 0 Å². The molecular formula is C22H32ClN3O3. The van der Waals surface area contributed by atoms with Crippen LogP contribution < -0.4 is 10.6 Å². The third-order valence-electron chi connectivity index (χ3n) is 5.56. The third kappa shape index (κ3) is 6.20. The molecule has 1 heterocycles. The molecule has 2 unspecified atom stereocenters. The van der Waals surface area contributed by atoms with Gasteiger partial charge in [-0.05, 0) is 41.4 Å². The van der Waals surface area contributed by atoms with Crippen LogP contribution in [-0.2, 0) is 14.4 Å². The molecule has 0 aliphatic carbocycles. The van der Waals surface area contributed by atoms with E-state index < -0.39 is 6.04 Å². The molecule has 1 aromatic rings. The number of hydrogen-bond donors (Lipinski definition) is 2. The van der Waals surface area contributed by atoms with Crippen LogP contribution in [0.5, 0.6) is 0 Å². The van der Waals surface area contributed by atoms with Gasteiger partial charge < -0.3 is 15.5 Å². The molecule has 3 amide bonds. The van der Waals surface area contributed by atoms with Crippen molar-refractivity contribution in [3.8, 4) is 0 Å². The molecule has 6 nitrogen and oxygen atoms in total. The van der Waals surface area contributed by atoms with E-state index in [1.54, 1.807) is 0 Å². The van der Waals surface area contributed by atoms with Gasteiger partial charge in [0.05, 0.1) is 6.54 Å². The van der Waals surface area contributed by atoms with Gasteiger partial charge in [-0.3, -0.25) is 14.4 Å². The van der Waals surface area contributed by atoms with E-state index in [2.05, 4.69) is 36.6 Å². The normalized spacial score (nSPS) is 19.6. The Labute approximate surface area is 178 Å². The molecule has 0 radical (unpaired) electrons. The second kappa shape index (κ2) is 9.61. The lowest BCUT2D eigenvalue weighted by atomic mass is 9.70. The number of piperidine rings is 1. The van der Waals surface area contributed by atoms with Crippen molar-refractivity contribution in [1.82, 2.24) is 15.5 Å². The molecule has 29 heavy (non-hydrogen) atoms. The minimum atomic E-state index is -0.612. The first kappa shape index (κ1) is 23.2. The molecule has 0 spiro atoms. The van der Waals surface area contributed by atoms with Gasteiger partial charge in [0.15, 0.2) is 0 Å². The van der Waals surface area contributed by atoms with Crippen LogP contribution in [0, 0.1) is 11.3 Å². The highest BCUT2D eigenvalue weighted by Gasteiger charge is 2.40. The van der Waals surface area contributed by atoms with E-state index >= 15 is 0 Å². The zero-order valence-corrected chi connectivity index (χ0v) is 18.7. The zero-order valence-electron chi connectivity index (χ0n) is 17.9. The molecular weight excluding hydrogens is 390 g/mol. The van der Waals surface area contributed by atoms with Crippen LogP contribution in [0.1, 0.15) is 52.5 Å². The molecule has 1 fully saturated rings. The first-order chi connectivity index (χ1) is 13.5. The zero-order chi connectivity index (χ0) is 21.8. The Morgan fingerprint density at radius 3 is 2.34 bits per heavy atom. The van der Waals surface area contributed by atoms with E-state index in [9.17, 15) is 14.4 Å². The van der Waals surface area contributed by atoms with Gasteiger partial charge in [0.1, 0.15) is 6.04 Å². The summed E-state index contributed by atoms with van der Waals surface area (Å²) in [7, 11) is 0. The fourth-order valence-electron chi connectivity index (χ4n) is 4.00. The van der Waals surface area contributed by atoms with Crippen molar-refractivity contribution in [3.63, 3.8) is 0 Å². The molecule has 1 aliphatic rings. The van der Waals surface area contributed by atoms with Gasteiger partial charge in [-0.1, -0.05) is 51.4 Å². The third-order valence-corrected chi connectivity index (χ3v) is 5.81. The van der Waals surface area contributed by atoms with Crippen molar-refractivity contribution in [2.45, 2.75) is 53.0 Å². The summed E-state index contributed by atoms with van der Waals surface area (Å²) in [5.74, 6) is -0.434.